The first-order chi connectivity index (χ1) is 18.1. The lowest BCUT2D eigenvalue weighted by Gasteiger charge is -2.33. The largest absolute Gasteiger partial charge is 0.497 e. The Labute approximate surface area is 219 Å². The zero-order valence-electron chi connectivity index (χ0n) is 21.5. The summed E-state index contributed by atoms with van der Waals surface area (Å²) in [5.41, 5.74) is 1.01. The van der Waals surface area contributed by atoms with Crippen LogP contribution in [0.2, 0.25) is 0 Å². The summed E-state index contributed by atoms with van der Waals surface area (Å²) < 4.78 is 18.7. The first-order valence-corrected chi connectivity index (χ1v) is 11.9. The maximum atomic E-state index is 13.9. The van der Waals surface area contributed by atoms with E-state index in [1.165, 1.54) is 36.3 Å². The van der Waals surface area contributed by atoms with Gasteiger partial charge in [0, 0.05) is 35.2 Å². The van der Waals surface area contributed by atoms with Gasteiger partial charge in [0.05, 0.1) is 7.11 Å². The van der Waals surface area contributed by atoms with Gasteiger partial charge in [0.15, 0.2) is 0 Å². The van der Waals surface area contributed by atoms with E-state index < -0.39 is 17.5 Å². The third kappa shape index (κ3) is 6.36. The number of nitrogens with zero attached hydrogens (tertiary/aromatic N) is 6. The first kappa shape index (κ1) is 26.4. The molecule has 4 aromatic rings. The Morgan fingerprint density at radius 3 is 2.45 bits per heavy atom. The highest BCUT2D eigenvalue weighted by molar-refractivity contribution is 6.01. The topological polar surface area (TPSA) is 115 Å². The molecule has 11 heteroatoms. The van der Waals surface area contributed by atoms with Gasteiger partial charge in [-0.25, -0.2) is 4.39 Å². The lowest BCUT2D eigenvalue weighted by Crippen LogP contribution is -2.50. The van der Waals surface area contributed by atoms with E-state index >= 15 is 0 Å². The Kier molecular flexibility index (Phi) is 7.75. The molecule has 0 aliphatic rings. The molecule has 4 rings (SSSR count). The van der Waals surface area contributed by atoms with Gasteiger partial charge in [-0.3, -0.25) is 19.5 Å². The van der Waals surface area contributed by atoms with E-state index in [0.29, 0.717) is 22.6 Å². The van der Waals surface area contributed by atoms with E-state index in [2.05, 4.69) is 25.7 Å². The summed E-state index contributed by atoms with van der Waals surface area (Å²) in [4.78, 5) is 34.2. The van der Waals surface area contributed by atoms with Crippen molar-refractivity contribution in [2.75, 3.05) is 12.0 Å². The number of pyridine rings is 1. The molecule has 2 aromatic carbocycles. The Morgan fingerprint density at radius 2 is 1.79 bits per heavy atom. The van der Waals surface area contributed by atoms with Crippen molar-refractivity contribution in [1.82, 2.24) is 30.5 Å². The fourth-order valence-corrected chi connectivity index (χ4v) is 3.82. The summed E-state index contributed by atoms with van der Waals surface area (Å²) in [5.74, 6) is -0.476. The number of ether oxygens (including phenoxy) is 1. The zero-order valence-corrected chi connectivity index (χ0v) is 21.5. The van der Waals surface area contributed by atoms with Gasteiger partial charge in [-0.1, -0.05) is 6.07 Å². The molecular formula is C27H28FN7O3. The third-order valence-electron chi connectivity index (χ3n) is 5.46. The van der Waals surface area contributed by atoms with Crippen molar-refractivity contribution in [3.63, 3.8) is 0 Å². The zero-order chi connectivity index (χ0) is 27.3. The van der Waals surface area contributed by atoms with Crippen LogP contribution in [0.15, 0.2) is 73.1 Å². The minimum Gasteiger partial charge on any atom is -0.497 e. The average Bonchev–Trinajstić information content (AvgIpc) is 3.35. The molecule has 0 aliphatic carbocycles. The predicted molar refractivity (Wildman–Crippen MR) is 139 cm³/mol. The number of carbonyl (C=O) groups excluding carboxylic acids is 2. The van der Waals surface area contributed by atoms with Gasteiger partial charge in [0.2, 0.25) is 11.7 Å². The number of hydrogen-bond donors (Lipinski definition) is 1. The number of hydrogen-bond acceptors (Lipinski definition) is 7. The predicted octanol–water partition coefficient (Wildman–Crippen LogP) is 3.57. The Hall–Kier alpha value is -4.67. The minimum absolute atomic E-state index is 0.238. The maximum Gasteiger partial charge on any atom is 0.251 e. The van der Waals surface area contributed by atoms with E-state index in [-0.39, 0.29) is 24.1 Å². The molecule has 0 fully saturated rings. The van der Waals surface area contributed by atoms with Gasteiger partial charge < -0.3 is 10.1 Å². The van der Waals surface area contributed by atoms with E-state index in [1.54, 1.807) is 48.8 Å². The molecule has 1 atom stereocenters. The van der Waals surface area contributed by atoms with Crippen LogP contribution in [-0.2, 0) is 16.1 Å². The van der Waals surface area contributed by atoms with Crippen molar-refractivity contribution in [1.29, 1.82) is 0 Å². The van der Waals surface area contributed by atoms with Crippen molar-refractivity contribution in [2.45, 2.75) is 38.9 Å². The Balaban J connectivity index is 1.74. The Morgan fingerprint density at radius 1 is 1.08 bits per heavy atom. The van der Waals surface area contributed by atoms with Gasteiger partial charge in [-0.15, -0.1) is 10.2 Å². The number of amides is 2. The summed E-state index contributed by atoms with van der Waals surface area (Å²) in [7, 11) is 1.52. The fourth-order valence-electron chi connectivity index (χ4n) is 3.82. The van der Waals surface area contributed by atoms with E-state index in [0.717, 1.165) is 4.80 Å². The van der Waals surface area contributed by atoms with Crippen molar-refractivity contribution in [3.8, 4) is 17.1 Å². The summed E-state index contributed by atoms with van der Waals surface area (Å²) in [5, 5.41) is 15.3. The van der Waals surface area contributed by atoms with Crippen LogP contribution in [-0.4, -0.2) is 49.7 Å². The molecule has 0 unspecified atom stereocenters. The van der Waals surface area contributed by atoms with Crippen molar-refractivity contribution in [3.05, 3.63) is 84.4 Å². The second-order valence-corrected chi connectivity index (χ2v) is 9.54. The standard InChI is InChI=1S/C27H28FN7O3/c1-27(2,3)30-26(37)24(18-12-14-29-15-13-18)35(21-6-5-7-22(16-21)38-4)23(36)17-34-32-25(31-33-34)19-8-10-20(28)11-9-19/h5-16,24H,17H2,1-4H3,(H,30,37)/t24-/m1/s1. The molecule has 2 heterocycles. The highest BCUT2D eigenvalue weighted by Crippen LogP contribution is 2.31. The lowest BCUT2D eigenvalue weighted by atomic mass is 10.0. The van der Waals surface area contributed by atoms with E-state index in [9.17, 15) is 14.0 Å². The van der Waals surface area contributed by atoms with Gasteiger partial charge in [0.25, 0.3) is 5.91 Å². The number of anilines is 1. The molecular weight excluding hydrogens is 489 g/mol. The number of tetrazole rings is 1. The van der Waals surface area contributed by atoms with Crippen LogP contribution in [0.4, 0.5) is 10.1 Å². The molecule has 0 aliphatic heterocycles. The normalized spacial score (nSPS) is 12.0. The van der Waals surface area contributed by atoms with E-state index in [1.807, 2.05) is 20.8 Å². The van der Waals surface area contributed by atoms with Crippen molar-refractivity contribution < 1.29 is 18.7 Å². The third-order valence-corrected chi connectivity index (χ3v) is 5.46. The molecule has 10 nitrogen and oxygen atoms in total. The molecule has 196 valence electrons. The number of halogens is 1. The maximum absolute atomic E-state index is 13.9. The second kappa shape index (κ2) is 11.2. The monoisotopic (exact) mass is 517 g/mol. The molecule has 0 bridgehead atoms. The summed E-state index contributed by atoms with van der Waals surface area (Å²) >= 11 is 0. The first-order valence-electron chi connectivity index (χ1n) is 11.9. The number of aromatic nitrogens is 5. The fraction of sp³-hybridized carbons (Fsp3) is 0.259. The summed E-state index contributed by atoms with van der Waals surface area (Å²) in [6.45, 7) is 5.28. The lowest BCUT2D eigenvalue weighted by molar-refractivity contribution is -0.128. The molecule has 0 saturated carbocycles. The number of methoxy groups -OCH3 is 1. The quantitative estimate of drug-likeness (QED) is 0.380. The van der Waals surface area contributed by atoms with Crippen molar-refractivity contribution in [2.24, 2.45) is 0 Å². The smallest absolute Gasteiger partial charge is 0.251 e. The molecule has 2 amide bonds. The van der Waals surface area contributed by atoms with E-state index in [4.69, 9.17) is 4.74 Å². The van der Waals surface area contributed by atoms with Gasteiger partial charge in [0.1, 0.15) is 24.2 Å². The average molecular weight is 518 g/mol. The summed E-state index contributed by atoms with van der Waals surface area (Å²) in [6.07, 6.45) is 3.13. The number of nitrogens with one attached hydrogen (secondary N) is 1. The van der Waals surface area contributed by atoms with Crippen LogP contribution in [0.25, 0.3) is 11.4 Å². The molecule has 0 saturated heterocycles. The number of benzene rings is 2. The van der Waals surface area contributed by atoms with Crippen LogP contribution < -0.4 is 15.0 Å². The highest BCUT2D eigenvalue weighted by atomic mass is 19.1. The minimum atomic E-state index is -1.03. The molecule has 38 heavy (non-hydrogen) atoms. The van der Waals surface area contributed by atoms with Crippen LogP contribution in [0.5, 0.6) is 5.75 Å². The van der Waals surface area contributed by atoms with Crippen LogP contribution in [0.3, 0.4) is 0 Å². The molecule has 2 aromatic heterocycles. The SMILES string of the molecule is COc1cccc(N(C(=O)Cn2nnc(-c3ccc(F)cc3)n2)[C@@H](C(=O)NC(C)(C)C)c2ccncc2)c1. The van der Waals surface area contributed by atoms with Crippen LogP contribution in [0, 0.1) is 5.82 Å². The second-order valence-electron chi connectivity index (χ2n) is 9.54. The summed E-state index contributed by atoms with van der Waals surface area (Å²) in [6, 6.07) is 14.9. The van der Waals surface area contributed by atoms with Gasteiger partial charge >= 0.3 is 0 Å². The molecule has 0 spiro atoms. The Bertz CT molecular complexity index is 1400. The number of carbonyl (C=O) groups is 2. The van der Waals surface area contributed by atoms with Gasteiger partial charge in [-0.05, 0) is 80.1 Å². The molecule has 1 N–H and O–H groups in total. The highest BCUT2D eigenvalue weighted by Gasteiger charge is 2.35. The van der Waals surface area contributed by atoms with Crippen LogP contribution in [0.1, 0.15) is 32.4 Å². The van der Waals surface area contributed by atoms with Gasteiger partial charge in [-0.2, -0.15) is 4.80 Å². The van der Waals surface area contributed by atoms with Crippen LogP contribution >= 0.6 is 0 Å². The van der Waals surface area contributed by atoms with Crippen molar-refractivity contribution >= 4 is 17.5 Å². The number of rotatable bonds is 8. The molecule has 0 radical (unpaired) electrons.